The summed E-state index contributed by atoms with van der Waals surface area (Å²) in [5, 5.41) is 0. The summed E-state index contributed by atoms with van der Waals surface area (Å²) in [5.41, 5.74) is 0.730. The maximum absolute atomic E-state index is 13.8. The number of nitrogens with zero attached hydrogens (tertiary/aromatic N) is 2. The number of aromatic nitrogens is 2. The number of alkyl halides is 1. The van der Waals surface area contributed by atoms with Crippen molar-refractivity contribution in [2.75, 3.05) is 11.5 Å². The summed E-state index contributed by atoms with van der Waals surface area (Å²) >= 11 is 7.77. The minimum absolute atomic E-state index is 0.205. The van der Waals surface area contributed by atoms with Crippen LogP contribution in [-0.4, -0.2) is 21.1 Å². The monoisotopic (exact) mass is 302 g/mol. The van der Waals surface area contributed by atoms with Crippen molar-refractivity contribution in [3.63, 3.8) is 0 Å². The molecule has 2 heterocycles. The van der Waals surface area contributed by atoms with E-state index in [4.69, 9.17) is 11.6 Å². The smallest absolute Gasteiger partial charge is 0.153 e. The Morgan fingerprint density at radius 3 is 2.95 bits per heavy atom. The van der Waals surface area contributed by atoms with E-state index in [0.717, 1.165) is 30.4 Å². The van der Waals surface area contributed by atoms with Crippen LogP contribution in [0, 0.1) is 11.6 Å². The van der Waals surface area contributed by atoms with Crippen LogP contribution < -0.4 is 0 Å². The lowest BCUT2D eigenvalue weighted by Crippen LogP contribution is -2.18. The lowest BCUT2D eigenvalue weighted by molar-refractivity contribution is 0.498. The second-order valence-corrected chi connectivity index (χ2v) is 6.08. The zero-order valence-corrected chi connectivity index (χ0v) is 11.8. The molecule has 1 atom stereocenters. The summed E-state index contributed by atoms with van der Waals surface area (Å²) in [4.78, 5) is 4.23. The summed E-state index contributed by atoms with van der Waals surface area (Å²) in [7, 11) is 0. The van der Waals surface area contributed by atoms with Crippen LogP contribution in [0.5, 0.6) is 0 Å². The van der Waals surface area contributed by atoms with Crippen LogP contribution in [0.1, 0.15) is 24.7 Å². The normalized spacial score (nSPS) is 20.1. The highest BCUT2D eigenvalue weighted by molar-refractivity contribution is 7.99. The molecule has 19 heavy (non-hydrogen) atoms. The van der Waals surface area contributed by atoms with Gasteiger partial charge in [0.1, 0.15) is 17.2 Å². The lowest BCUT2D eigenvalue weighted by Gasteiger charge is -2.24. The molecule has 0 bridgehead atoms. The Hall–Kier alpha value is -0.810. The average Bonchev–Trinajstić information content (AvgIpc) is 2.78. The van der Waals surface area contributed by atoms with Crippen molar-refractivity contribution in [1.29, 1.82) is 0 Å². The van der Waals surface area contributed by atoms with E-state index < -0.39 is 11.6 Å². The largest absolute Gasteiger partial charge is 0.323 e. The van der Waals surface area contributed by atoms with E-state index in [9.17, 15) is 8.78 Å². The zero-order chi connectivity index (χ0) is 13.4. The van der Waals surface area contributed by atoms with E-state index in [1.165, 1.54) is 6.07 Å². The van der Waals surface area contributed by atoms with Crippen molar-refractivity contribution in [1.82, 2.24) is 9.55 Å². The lowest BCUT2D eigenvalue weighted by atomic mass is 10.1. The van der Waals surface area contributed by atoms with Gasteiger partial charge >= 0.3 is 0 Å². The topological polar surface area (TPSA) is 17.8 Å². The Balaban J connectivity index is 2.19. The van der Waals surface area contributed by atoms with Gasteiger partial charge in [-0.15, -0.1) is 11.6 Å². The van der Waals surface area contributed by atoms with Gasteiger partial charge in [-0.3, -0.25) is 0 Å². The third-order valence-electron chi connectivity index (χ3n) is 3.41. The molecule has 0 amide bonds. The van der Waals surface area contributed by atoms with Gasteiger partial charge in [0, 0.05) is 17.9 Å². The first kappa shape index (κ1) is 13.2. The summed E-state index contributed by atoms with van der Waals surface area (Å²) in [5.74, 6) is 1.71. The number of imidazole rings is 1. The molecule has 0 radical (unpaired) electrons. The minimum Gasteiger partial charge on any atom is -0.323 e. The molecule has 102 valence electrons. The van der Waals surface area contributed by atoms with Crippen LogP contribution in [0.4, 0.5) is 8.78 Å². The van der Waals surface area contributed by atoms with Crippen LogP contribution in [0.3, 0.4) is 0 Å². The maximum atomic E-state index is 13.8. The molecule has 0 aliphatic carbocycles. The van der Waals surface area contributed by atoms with E-state index in [0.29, 0.717) is 11.3 Å². The highest BCUT2D eigenvalue weighted by atomic mass is 35.5. The third kappa shape index (κ3) is 2.34. The number of hydrogen-bond acceptors (Lipinski definition) is 2. The molecule has 2 aromatic rings. The maximum Gasteiger partial charge on any atom is 0.153 e. The second-order valence-electron chi connectivity index (χ2n) is 4.66. The number of fused-ring (bicyclic) bond motifs is 1. The molecule has 2 nitrogen and oxygen atoms in total. The van der Waals surface area contributed by atoms with Gasteiger partial charge in [0.2, 0.25) is 0 Å². The second kappa shape index (κ2) is 5.29. The van der Waals surface area contributed by atoms with Gasteiger partial charge in [-0.25, -0.2) is 13.8 Å². The molecule has 0 N–H and O–H groups in total. The average molecular weight is 303 g/mol. The van der Waals surface area contributed by atoms with E-state index in [2.05, 4.69) is 4.98 Å². The van der Waals surface area contributed by atoms with Crippen molar-refractivity contribution >= 4 is 34.4 Å². The number of benzene rings is 1. The number of halogens is 3. The number of rotatable bonds is 2. The molecule has 1 aromatic carbocycles. The van der Waals surface area contributed by atoms with Gasteiger partial charge in [-0.2, -0.15) is 11.8 Å². The molecular weight excluding hydrogens is 290 g/mol. The summed E-state index contributed by atoms with van der Waals surface area (Å²) in [6, 6.07) is 2.44. The molecule has 1 aliphatic heterocycles. The van der Waals surface area contributed by atoms with Crippen LogP contribution in [0.2, 0.25) is 0 Å². The fraction of sp³-hybridized carbons (Fsp3) is 0.462. The van der Waals surface area contributed by atoms with Gasteiger partial charge in [-0.05, 0) is 24.7 Å². The van der Waals surface area contributed by atoms with Crippen LogP contribution in [0.25, 0.3) is 11.0 Å². The number of hydrogen-bond donors (Lipinski definition) is 0. The van der Waals surface area contributed by atoms with Crippen molar-refractivity contribution in [2.24, 2.45) is 0 Å². The molecule has 0 spiro atoms. The van der Waals surface area contributed by atoms with Crippen LogP contribution in [-0.2, 0) is 5.88 Å². The Bertz CT molecular complexity index is 608. The minimum atomic E-state index is -0.622. The third-order valence-corrected chi connectivity index (χ3v) is 4.84. The van der Waals surface area contributed by atoms with Crippen molar-refractivity contribution in [3.8, 4) is 0 Å². The van der Waals surface area contributed by atoms with Gasteiger partial charge in [0.25, 0.3) is 0 Å². The highest BCUT2D eigenvalue weighted by Gasteiger charge is 2.23. The van der Waals surface area contributed by atoms with Crippen molar-refractivity contribution < 1.29 is 8.78 Å². The molecule has 3 rings (SSSR count). The first-order valence-electron chi connectivity index (χ1n) is 6.20. The molecule has 1 fully saturated rings. The summed E-state index contributed by atoms with van der Waals surface area (Å²) < 4.78 is 29.1. The molecular formula is C13H13ClF2N2S. The Labute approximate surface area is 119 Å². The van der Waals surface area contributed by atoms with E-state index >= 15 is 0 Å². The standard InChI is InChI=1S/C13H13ClF2N2S/c14-6-12-17-13-10(16)4-8(15)5-11(13)18(12)9-2-1-3-19-7-9/h4-5,9H,1-3,6-7H2. The van der Waals surface area contributed by atoms with Crippen molar-refractivity contribution in [3.05, 3.63) is 29.6 Å². The van der Waals surface area contributed by atoms with Gasteiger partial charge < -0.3 is 4.57 Å². The molecule has 6 heteroatoms. The molecule has 1 aliphatic rings. The summed E-state index contributed by atoms with van der Waals surface area (Å²) in [6.07, 6.45) is 2.11. The molecule has 1 saturated heterocycles. The van der Waals surface area contributed by atoms with E-state index in [1.807, 2.05) is 16.3 Å². The molecule has 1 unspecified atom stereocenters. The van der Waals surface area contributed by atoms with E-state index in [1.54, 1.807) is 0 Å². The highest BCUT2D eigenvalue weighted by Crippen LogP contribution is 2.32. The fourth-order valence-corrected chi connectivity index (χ4v) is 3.91. The first-order valence-corrected chi connectivity index (χ1v) is 7.89. The zero-order valence-electron chi connectivity index (χ0n) is 10.2. The Kier molecular flexibility index (Phi) is 3.67. The van der Waals surface area contributed by atoms with Crippen molar-refractivity contribution in [2.45, 2.75) is 24.8 Å². The fourth-order valence-electron chi connectivity index (χ4n) is 2.60. The van der Waals surface area contributed by atoms with Gasteiger partial charge in [0.15, 0.2) is 5.82 Å². The predicted molar refractivity (Wildman–Crippen MR) is 74.8 cm³/mol. The Morgan fingerprint density at radius 2 is 2.26 bits per heavy atom. The number of thioether (sulfide) groups is 1. The Morgan fingerprint density at radius 1 is 1.42 bits per heavy atom. The van der Waals surface area contributed by atoms with Crippen LogP contribution >= 0.6 is 23.4 Å². The quantitative estimate of drug-likeness (QED) is 0.777. The van der Waals surface area contributed by atoms with Gasteiger partial charge in [0.05, 0.1) is 11.4 Å². The SMILES string of the molecule is Fc1cc(F)c2nc(CCl)n(C3CCCSC3)c2c1. The van der Waals surface area contributed by atoms with Crippen LogP contribution in [0.15, 0.2) is 12.1 Å². The van der Waals surface area contributed by atoms with E-state index in [-0.39, 0.29) is 17.4 Å². The van der Waals surface area contributed by atoms with Gasteiger partial charge in [-0.1, -0.05) is 0 Å². The predicted octanol–water partition coefficient (Wildman–Crippen LogP) is 4.12. The first-order chi connectivity index (χ1) is 9.20. The summed E-state index contributed by atoms with van der Waals surface area (Å²) in [6.45, 7) is 0. The molecule has 1 aromatic heterocycles. The molecule has 0 saturated carbocycles.